The summed E-state index contributed by atoms with van der Waals surface area (Å²) in [6.07, 6.45) is 0.598. The zero-order chi connectivity index (χ0) is 14.2. The van der Waals surface area contributed by atoms with Crippen LogP contribution in [-0.4, -0.2) is 34.8 Å². The Morgan fingerprint density at radius 1 is 1.63 bits per heavy atom. The van der Waals surface area contributed by atoms with Gasteiger partial charge in [-0.15, -0.1) is 11.3 Å². The standard InChI is InChI=1S/C12H18N2O4S/c1-7(15)11-5-10(14(17)18)12(19-11)13(2)6-8-3-9(16)4-8/h5,7-9,15-16H,3-4,6H2,1-2H3. The second-order valence-electron chi connectivity index (χ2n) is 5.14. The van der Waals surface area contributed by atoms with Crippen molar-refractivity contribution in [3.63, 3.8) is 0 Å². The van der Waals surface area contributed by atoms with E-state index in [9.17, 15) is 20.3 Å². The van der Waals surface area contributed by atoms with E-state index in [1.165, 1.54) is 17.4 Å². The Labute approximate surface area is 115 Å². The fourth-order valence-electron chi connectivity index (χ4n) is 2.32. The lowest BCUT2D eigenvalue weighted by atomic mass is 9.82. The molecule has 7 heteroatoms. The maximum absolute atomic E-state index is 11.0. The van der Waals surface area contributed by atoms with Crippen LogP contribution in [0.4, 0.5) is 10.7 Å². The number of nitro groups is 1. The summed E-state index contributed by atoms with van der Waals surface area (Å²) in [6, 6.07) is 1.44. The fourth-order valence-corrected chi connectivity index (χ4v) is 3.35. The van der Waals surface area contributed by atoms with E-state index in [2.05, 4.69) is 0 Å². The summed E-state index contributed by atoms with van der Waals surface area (Å²) in [5.74, 6) is 0.386. The highest BCUT2D eigenvalue weighted by Gasteiger charge is 2.30. The lowest BCUT2D eigenvalue weighted by Gasteiger charge is -2.34. The molecule has 2 rings (SSSR count). The van der Waals surface area contributed by atoms with Crippen molar-refractivity contribution in [3.05, 3.63) is 21.1 Å². The minimum atomic E-state index is -0.698. The Kier molecular flexibility index (Phi) is 4.07. The fraction of sp³-hybridized carbons (Fsp3) is 0.667. The summed E-state index contributed by atoms with van der Waals surface area (Å²) >= 11 is 1.25. The summed E-state index contributed by atoms with van der Waals surface area (Å²) < 4.78 is 0. The van der Waals surface area contributed by atoms with Gasteiger partial charge in [0, 0.05) is 24.5 Å². The summed E-state index contributed by atoms with van der Waals surface area (Å²) in [6.45, 7) is 2.29. The quantitative estimate of drug-likeness (QED) is 0.638. The van der Waals surface area contributed by atoms with Crippen LogP contribution in [0.25, 0.3) is 0 Å². The summed E-state index contributed by atoms with van der Waals surface area (Å²) in [4.78, 5) is 13.1. The SMILES string of the molecule is CC(O)c1cc([N+](=O)[O-])c(N(C)CC2CC(O)C2)s1. The van der Waals surface area contributed by atoms with Gasteiger partial charge in [0.1, 0.15) is 0 Å². The van der Waals surface area contributed by atoms with Gasteiger partial charge in [-0.05, 0) is 25.7 Å². The predicted octanol–water partition coefficient (Wildman–Crippen LogP) is 1.92. The zero-order valence-electron chi connectivity index (χ0n) is 10.9. The maximum Gasteiger partial charge on any atom is 0.304 e. The van der Waals surface area contributed by atoms with Crippen molar-refractivity contribution in [2.75, 3.05) is 18.5 Å². The van der Waals surface area contributed by atoms with Gasteiger partial charge >= 0.3 is 5.69 Å². The number of hydrogen-bond donors (Lipinski definition) is 2. The highest BCUT2D eigenvalue weighted by Crippen LogP contribution is 2.40. The Morgan fingerprint density at radius 3 is 2.74 bits per heavy atom. The van der Waals surface area contributed by atoms with E-state index in [0.717, 1.165) is 12.8 Å². The van der Waals surface area contributed by atoms with Crippen molar-refractivity contribution in [1.82, 2.24) is 0 Å². The van der Waals surface area contributed by atoms with Crippen molar-refractivity contribution in [1.29, 1.82) is 0 Å². The van der Waals surface area contributed by atoms with Crippen molar-refractivity contribution in [3.8, 4) is 0 Å². The van der Waals surface area contributed by atoms with Crippen LogP contribution in [0, 0.1) is 16.0 Å². The smallest absolute Gasteiger partial charge is 0.304 e. The number of thiophene rings is 1. The normalized spacial score (nSPS) is 23.8. The Morgan fingerprint density at radius 2 is 2.26 bits per heavy atom. The molecule has 0 spiro atoms. The van der Waals surface area contributed by atoms with Gasteiger partial charge in [0.05, 0.1) is 17.1 Å². The van der Waals surface area contributed by atoms with Gasteiger partial charge < -0.3 is 15.1 Å². The number of hydrogen-bond acceptors (Lipinski definition) is 6. The van der Waals surface area contributed by atoms with Crippen LogP contribution in [0.1, 0.15) is 30.7 Å². The molecule has 6 nitrogen and oxygen atoms in total. The molecule has 1 aliphatic rings. The molecule has 19 heavy (non-hydrogen) atoms. The van der Waals surface area contributed by atoms with Crippen molar-refractivity contribution in [2.45, 2.75) is 32.0 Å². The number of rotatable bonds is 5. The lowest BCUT2D eigenvalue weighted by Crippen LogP contribution is -2.37. The van der Waals surface area contributed by atoms with E-state index in [-0.39, 0.29) is 11.8 Å². The number of anilines is 1. The van der Waals surface area contributed by atoms with E-state index in [1.807, 2.05) is 11.9 Å². The molecule has 0 amide bonds. The minimum Gasteiger partial charge on any atom is -0.393 e. The average molecular weight is 286 g/mol. The molecule has 1 fully saturated rings. The topological polar surface area (TPSA) is 86.8 Å². The monoisotopic (exact) mass is 286 g/mol. The van der Waals surface area contributed by atoms with Gasteiger partial charge in [0.15, 0.2) is 5.00 Å². The van der Waals surface area contributed by atoms with Crippen LogP contribution in [-0.2, 0) is 0 Å². The lowest BCUT2D eigenvalue weighted by molar-refractivity contribution is -0.383. The van der Waals surface area contributed by atoms with E-state index in [0.29, 0.717) is 22.3 Å². The van der Waals surface area contributed by atoms with Gasteiger partial charge in [-0.1, -0.05) is 0 Å². The van der Waals surface area contributed by atoms with Gasteiger partial charge in [0.2, 0.25) is 0 Å². The Hall–Kier alpha value is -1.18. The first-order valence-electron chi connectivity index (χ1n) is 6.24. The van der Waals surface area contributed by atoms with Crippen molar-refractivity contribution in [2.24, 2.45) is 5.92 Å². The molecule has 1 aliphatic carbocycles. The molecule has 1 atom stereocenters. The third-order valence-electron chi connectivity index (χ3n) is 3.41. The molecule has 1 unspecified atom stereocenters. The summed E-state index contributed by atoms with van der Waals surface area (Å²) in [5, 5.41) is 30.4. The molecule has 1 aromatic heterocycles. The first kappa shape index (κ1) is 14.2. The third kappa shape index (κ3) is 3.05. The highest BCUT2D eigenvalue weighted by molar-refractivity contribution is 7.16. The molecule has 2 N–H and O–H groups in total. The zero-order valence-corrected chi connectivity index (χ0v) is 11.8. The summed E-state index contributed by atoms with van der Waals surface area (Å²) in [5.41, 5.74) is 0.0447. The molecule has 0 radical (unpaired) electrons. The van der Waals surface area contributed by atoms with Gasteiger partial charge in [-0.3, -0.25) is 10.1 Å². The highest BCUT2D eigenvalue weighted by atomic mass is 32.1. The van der Waals surface area contributed by atoms with Crippen LogP contribution >= 0.6 is 11.3 Å². The van der Waals surface area contributed by atoms with Crippen molar-refractivity contribution >= 4 is 22.0 Å². The molecular formula is C12H18N2O4S. The Bertz CT molecular complexity index is 468. The van der Waals surface area contributed by atoms with E-state index in [1.54, 1.807) is 6.92 Å². The maximum atomic E-state index is 11.0. The first-order valence-corrected chi connectivity index (χ1v) is 7.05. The molecule has 0 aromatic carbocycles. The molecule has 106 valence electrons. The third-order valence-corrected chi connectivity index (χ3v) is 4.82. The van der Waals surface area contributed by atoms with E-state index >= 15 is 0 Å². The predicted molar refractivity (Wildman–Crippen MR) is 73.6 cm³/mol. The largest absolute Gasteiger partial charge is 0.393 e. The van der Waals surface area contributed by atoms with Crippen molar-refractivity contribution < 1.29 is 15.1 Å². The van der Waals surface area contributed by atoms with Gasteiger partial charge in [-0.2, -0.15) is 0 Å². The van der Waals surface area contributed by atoms with Gasteiger partial charge in [0.25, 0.3) is 0 Å². The van der Waals surface area contributed by atoms with Crippen LogP contribution in [0.3, 0.4) is 0 Å². The molecule has 0 saturated heterocycles. The number of aliphatic hydroxyl groups is 2. The molecule has 0 aliphatic heterocycles. The van der Waals surface area contributed by atoms with E-state index < -0.39 is 11.0 Å². The van der Waals surface area contributed by atoms with Crippen LogP contribution in [0.15, 0.2) is 6.07 Å². The first-order chi connectivity index (χ1) is 8.88. The van der Waals surface area contributed by atoms with Crippen LogP contribution < -0.4 is 4.90 Å². The Balaban J connectivity index is 2.14. The number of aliphatic hydroxyl groups excluding tert-OH is 2. The van der Waals surface area contributed by atoms with Crippen LogP contribution in [0.5, 0.6) is 0 Å². The van der Waals surface area contributed by atoms with E-state index in [4.69, 9.17) is 0 Å². The average Bonchev–Trinajstić information content (AvgIpc) is 2.71. The molecular weight excluding hydrogens is 268 g/mol. The van der Waals surface area contributed by atoms with Gasteiger partial charge in [-0.25, -0.2) is 0 Å². The molecule has 0 bridgehead atoms. The summed E-state index contributed by atoms with van der Waals surface area (Å²) in [7, 11) is 1.81. The molecule has 1 heterocycles. The minimum absolute atomic E-state index is 0.0447. The number of nitrogens with zero attached hydrogens (tertiary/aromatic N) is 2. The van der Waals surface area contributed by atoms with Crippen LogP contribution in [0.2, 0.25) is 0 Å². The molecule has 1 saturated carbocycles. The molecule has 1 aromatic rings. The second kappa shape index (κ2) is 5.44. The second-order valence-corrected chi connectivity index (χ2v) is 6.21.